The zero-order chi connectivity index (χ0) is 26.3. The molecular formula is C27H27Cl2N5O4. The molecule has 3 aromatic carbocycles. The molecule has 0 saturated carbocycles. The highest BCUT2D eigenvalue weighted by Gasteiger charge is 2.11. The van der Waals surface area contributed by atoms with E-state index < -0.39 is 0 Å². The van der Waals surface area contributed by atoms with Gasteiger partial charge >= 0.3 is 6.03 Å². The molecule has 1 aromatic heterocycles. The first-order valence-electron chi connectivity index (χ1n) is 12.2. The van der Waals surface area contributed by atoms with Gasteiger partial charge in [0, 0.05) is 43.6 Å². The standard InChI is InChI=1S/C27H27Cl2N5O4/c28-22-7-5-20(15-23(22)29)32-26(35)31-19-3-1-18(2-4-19)17-30-27-33-24-8-6-21(16-25(24)38-27)37-14-11-34-9-12-36-13-10-34/h1-8,15-16H,9-14,17H2,(H,30,33)(H2,31,32,35). The molecule has 3 N–H and O–H groups in total. The smallest absolute Gasteiger partial charge is 0.323 e. The minimum absolute atomic E-state index is 0.369. The van der Waals surface area contributed by atoms with Gasteiger partial charge in [-0.25, -0.2) is 4.79 Å². The Morgan fingerprint density at radius 1 is 0.947 bits per heavy atom. The summed E-state index contributed by atoms with van der Waals surface area (Å²) >= 11 is 11.9. The van der Waals surface area contributed by atoms with Crippen LogP contribution < -0.4 is 20.7 Å². The van der Waals surface area contributed by atoms with Gasteiger partial charge < -0.3 is 29.8 Å². The SMILES string of the molecule is O=C(Nc1ccc(CNc2nc3ccc(OCCN4CCOCC4)cc3o2)cc1)Nc1ccc(Cl)c(Cl)c1. The van der Waals surface area contributed by atoms with Gasteiger partial charge in [-0.15, -0.1) is 0 Å². The number of nitrogens with zero attached hydrogens (tertiary/aromatic N) is 2. The van der Waals surface area contributed by atoms with Crippen molar-refractivity contribution in [3.63, 3.8) is 0 Å². The molecule has 1 fully saturated rings. The highest BCUT2D eigenvalue weighted by molar-refractivity contribution is 6.42. The van der Waals surface area contributed by atoms with Gasteiger partial charge in [-0.1, -0.05) is 35.3 Å². The number of oxazole rings is 1. The maximum Gasteiger partial charge on any atom is 0.323 e. The summed E-state index contributed by atoms with van der Waals surface area (Å²) in [6, 6.07) is 18.0. The number of carbonyl (C=O) groups excluding carboxylic acids is 1. The van der Waals surface area contributed by atoms with Crippen molar-refractivity contribution in [1.29, 1.82) is 0 Å². The number of nitrogens with one attached hydrogen (secondary N) is 3. The molecule has 0 atom stereocenters. The molecule has 0 aliphatic carbocycles. The van der Waals surface area contributed by atoms with Crippen molar-refractivity contribution >= 4 is 57.7 Å². The predicted molar refractivity (Wildman–Crippen MR) is 150 cm³/mol. The minimum atomic E-state index is -0.384. The largest absolute Gasteiger partial charge is 0.492 e. The molecule has 1 saturated heterocycles. The third kappa shape index (κ3) is 7.08. The zero-order valence-electron chi connectivity index (χ0n) is 20.5. The van der Waals surface area contributed by atoms with Crippen LogP contribution in [-0.4, -0.2) is 55.4 Å². The van der Waals surface area contributed by atoms with Gasteiger partial charge in [-0.3, -0.25) is 4.90 Å². The summed E-state index contributed by atoms with van der Waals surface area (Å²) in [4.78, 5) is 19.1. The molecule has 0 radical (unpaired) electrons. The fourth-order valence-corrected chi connectivity index (χ4v) is 4.24. The third-order valence-corrected chi connectivity index (χ3v) is 6.71. The Hall–Kier alpha value is -3.50. The Kier molecular flexibility index (Phi) is 8.50. The molecule has 0 unspecified atom stereocenters. The molecule has 0 spiro atoms. The Morgan fingerprint density at radius 3 is 2.50 bits per heavy atom. The van der Waals surface area contributed by atoms with Crippen molar-refractivity contribution in [2.45, 2.75) is 6.54 Å². The summed E-state index contributed by atoms with van der Waals surface area (Å²) in [7, 11) is 0. The second kappa shape index (κ2) is 12.4. The maximum atomic E-state index is 12.3. The minimum Gasteiger partial charge on any atom is -0.492 e. The van der Waals surface area contributed by atoms with E-state index in [1.54, 1.807) is 18.2 Å². The van der Waals surface area contributed by atoms with E-state index in [1.807, 2.05) is 42.5 Å². The van der Waals surface area contributed by atoms with E-state index in [1.165, 1.54) is 0 Å². The first kappa shape index (κ1) is 26.1. The highest BCUT2D eigenvalue weighted by Crippen LogP contribution is 2.26. The van der Waals surface area contributed by atoms with Crippen LogP contribution in [0.2, 0.25) is 10.0 Å². The number of rotatable bonds is 9. The first-order chi connectivity index (χ1) is 18.5. The summed E-state index contributed by atoms with van der Waals surface area (Å²) in [6.07, 6.45) is 0. The monoisotopic (exact) mass is 555 g/mol. The van der Waals surface area contributed by atoms with E-state index in [2.05, 4.69) is 25.8 Å². The summed E-state index contributed by atoms with van der Waals surface area (Å²) in [6.45, 7) is 5.40. The Labute approximate surface area is 230 Å². The van der Waals surface area contributed by atoms with Crippen molar-refractivity contribution < 1.29 is 18.7 Å². The normalized spacial score (nSPS) is 13.8. The van der Waals surface area contributed by atoms with Gasteiger partial charge in [0.25, 0.3) is 6.01 Å². The molecule has 5 rings (SSSR count). The molecular weight excluding hydrogens is 529 g/mol. The lowest BCUT2D eigenvalue weighted by Crippen LogP contribution is -2.38. The lowest BCUT2D eigenvalue weighted by atomic mass is 10.2. The maximum absolute atomic E-state index is 12.3. The average Bonchev–Trinajstić information content (AvgIpc) is 3.33. The molecule has 4 aromatic rings. The van der Waals surface area contributed by atoms with Crippen LogP contribution in [0.4, 0.5) is 22.2 Å². The number of hydrogen-bond acceptors (Lipinski definition) is 7. The fourth-order valence-electron chi connectivity index (χ4n) is 3.94. The molecule has 198 valence electrons. The second-order valence-electron chi connectivity index (χ2n) is 8.71. The lowest BCUT2D eigenvalue weighted by molar-refractivity contribution is 0.0322. The summed E-state index contributed by atoms with van der Waals surface area (Å²) in [5, 5.41) is 9.50. The van der Waals surface area contributed by atoms with Crippen LogP contribution in [-0.2, 0) is 11.3 Å². The predicted octanol–water partition coefficient (Wildman–Crippen LogP) is 6.10. The average molecular weight is 556 g/mol. The summed E-state index contributed by atoms with van der Waals surface area (Å²) < 4.78 is 17.1. The van der Waals surface area contributed by atoms with Gasteiger partial charge in [0.05, 0.1) is 23.3 Å². The zero-order valence-corrected chi connectivity index (χ0v) is 22.0. The van der Waals surface area contributed by atoms with Crippen LogP contribution in [0, 0.1) is 0 Å². The van der Waals surface area contributed by atoms with Crippen LogP contribution >= 0.6 is 23.2 Å². The van der Waals surface area contributed by atoms with Crippen LogP contribution in [0.25, 0.3) is 11.1 Å². The molecule has 1 aliphatic heterocycles. The van der Waals surface area contributed by atoms with E-state index in [9.17, 15) is 4.79 Å². The number of amides is 2. The van der Waals surface area contributed by atoms with Crippen molar-refractivity contribution in [2.75, 3.05) is 55.4 Å². The van der Waals surface area contributed by atoms with Gasteiger partial charge in [-0.05, 0) is 48.0 Å². The molecule has 11 heteroatoms. The molecule has 38 heavy (non-hydrogen) atoms. The molecule has 2 amide bonds. The number of urea groups is 1. The van der Waals surface area contributed by atoms with Crippen molar-refractivity contribution in [1.82, 2.24) is 9.88 Å². The molecule has 2 heterocycles. The van der Waals surface area contributed by atoms with Crippen LogP contribution in [0.15, 0.2) is 65.1 Å². The van der Waals surface area contributed by atoms with E-state index in [4.69, 9.17) is 37.1 Å². The topological polar surface area (TPSA) is 101 Å². The van der Waals surface area contributed by atoms with Crippen LogP contribution in [0.5, 0.6) is 5.75 Å². The Morgan fingerprint density at radius 2 is 1.71 bits per heavy atom. The molecule has 0 bridgehead atoms. The van der Waals surface area contributed by atoms with Gasteiger partial charge in [0.15, 0.2) is 5.58 Å². The van der Waals surface area contributed by atoms with E-state index in [0.29, 0.717) is 46.2 Å². The molecule has 9 nitrogen and oxygen atoms in total. The number of halogens is 2. The van der Waals surface area contributed by atoms with Crippen molar-refractivity contribution in [3.05, 3.63) is 76.3 Å². The fraction of sp³-hybridized carbons (Fsp3) is 0.259. The van der Waals surface area contributed by atoms with E-state index in [-0.39, 0.29) is 6.03 Å². The van der Waals surface area contributed by atoms with Crippen molar-refractivity contribution in [3.8, 4) is 5.75 Å². The van der Waals surface area contributed by atoms with Gasteiger partial charge in [0.2, 0.25) is 0 Å². The summed E-state index contributed by atoms with van der Waals surface area (Å²) in [5.41, 5.74) is 3.59. The lowest BCUT2D eigenvalue weighted by Gasteiger charge is -2.26. The number of morpholine rings is 1. The van der Waals surface area contributed by atoms with E-state index in [0.717, 1.165) is 49.7 Å². The van der Waals surface area contributed by atoms with Crippen LogP contribution in [0.3, 0.4) is 0 Å². The quantitative estimate of drug-likeness (QED) is 0.229. The Balaban J connectivity index is 1.09. The Bertz CT molecular complexity index is 1390. The third-order valence-electron chi connectivity index (χ3n) is 5.97. The van der Waals surface area contributed by atoms with Gasteiger partial charge in [-0.2, -0.15) is 4.98 Å². The number of fused-ring (bicyclic) bond motifs is 1. The van der Waals surface area contributed by atoms with Gasteiger partial charge in [0.1, 0.15) is 17.9 Å². The second-order valence-corrected chi connectivity index (χ2v) is 9.52. The number of anilines is 3. The number of hydrogen-bond donors (Lipinski definition) is 3. The van der Waals surface area contributed by atoms with E-state index >= 15 is 0 Å². The number of benzene rings is 3. The number of aromatic nitrogens is 1. The first-order valence-corrected chi connectivity index (χ1v) is 13.0. The van der Waals surface area contributed by atoms with Crippen LogP contribution in [0.1, 0.15) is 5.56 Å². The summed E-state index contributed by atoms with van der Waals surface area (Å²) in [5.74, 6) is 0.750. The highest BCUT2D eigenvalue weighted by atomic mass is 35.5. The number of carbonyl (C=O) groups is 1. The number of ether oxygens (including phenoxy) is 2. The molecule has 1 aliphatic rings. The van der Waals surface area contributed by atoms with Crippen molar-refractivity contribution in [2.24, 2.45) is 0 Å².